The molecule has 0 aliphatic heterocycles. The molecule has 5 heteroatoms. The third kappa shape index (κ3) is 3.72. The van der Waals surface area contributed by atoms with Crippen molar-refractivity contribution in [1.82, 2.24) is 0 Å². The first-order valence-corrected chi connectivity index (χ1v) is 6.91. The maximum Gasteiger partial charge on any atom is 0.411 e. The second-order valence-corrected chi connectivity index (χ2v) is 5.04. The lowest BCUT2D eigenvalue weighted by molar-refractivity contribution is 0.0489. The molecule has 0 spiro atoms. The highest BCUT2D eigenvalue weighted by atomic mass is 16.6. The molecule has 1 aromatic rings. The van der Waals surface area contributed by atoms with Crippen LogP contribution in [-0.2, 0) is 4.74 Å². The summed E-state index contributed by atoms with van der Waals surface area (Å²) in [5.74, 6) is 0.260. The topological polar surface area (TPSA) is 88.1 Å². The maximum absolute atomic E-state index is 11.9. The Hall–Kier alpha value is -2.06. The first-order valence-electron chi connectivity index (χ1n) is 6.91. The lowest BCUT2D eigenvalue weighted by Crippen LogP contribution is -2.35. The summed E-state index contributed by atoms with van der Waals surface area (Å²) in [6.45, 7) is 0.550. The molecule has 1 aliphatic rings. The van der Waals surface area contributed by atoms with Crippen molar-refractivity contribution in [3.05, 3.63) is 29.8 Å². The van der Waals surface area contributed by atoms with E-state index in [0.717, 1.165) is 25.7 Å². The average molecular weight is 273 g/mol. The van der Waals surface area contributed by atoms with Crippen molar-refractivity contribution < 1.29 is 9.53 Å². The van der Waals surface area contributed by atoms with Gasteiger partial charge >= 0.3 is 6.09 Å². The maximum atomic E-state index is 11.9. The highest BCUT2D eigenvalue weighted by molar-refractivity contribution is 5.84. The summed E-state index contributed by atoms with van der Waals surface area (Å²) in [5.41, 5.74) is 6.89. The van der Waals surface area contributed by atoms with Gasteiger partial charge in [0.1, 0.15) is 6.10 Å². The number of amides is 1. The molecule has 1 saturated carbocycles. The predicted molar refractivity (Wildman–Crippen MR) is 76.1 cm³/mol. The van der Waals surface area contributed by atoms with E-state index in [1.807, 2.05) is 6.07 Å². The van der Waals surface area contributed by atoms with E-state index in [4.69, 9.17) is 15.7 Å². The van der Waals surface area contributed by atoms with Crippen LogP contribution in [0.4, 0.5) is 10.5 Å². The first-order chi connectivity index (χ1) is 9.72. The molecule has 5 nitrogen and oxygen atoms in total. The van der Waals surface area contributed by atoms with Crippen molar-refractivity contribution >= 4 is 11.8 Å². The number of ether oxygens (including phenoxy) is 1. The van der Waals surface area contributed by atoms with Crippen LogP contribution < -0.4 is 11.1 Å². The Morgan fingerprint density at radius 1 is 1.35 bits per heavy atom. The van der Waals surface area contributed by atoms with E-state index in [1.54, 1.807) is 24.3 Å². The van der Waals surface area contributed by atoms with E-state index in [1.165, 1.54) is 0 Å². The molecule has 0 aromatic heterocycles. The van der Waals surface area contributed by atoms with E-state index < -0.39 is 6.09 Å². The van der Waals surface area contributed by atoms with Gasteiger partial charge in [-0.05, 0) is 50.1 Å². The van der Waals surface area contributed by atoms with Crippen LogP contribution in [0.1, 0.15) is 31.2 Å². The summed E-state index contributed by atoms with van der Waals surface area (Å²) in [6.07, 6.45) is 3.57. The third-order valence-electron chi connectivity index (χ3n) is 3.66. The number of nitrogens with one attached hydrogen (secondary N) is 1. The minimum Gasteiger partial charge on any atom is -0.446 e. The molecule has 1 aliphatic carbocycles. The SMILES string of the molecule is N#Cc1ccc(NC(=O)OC2CCCCC2CN)cc1. The molecular weight excluding hydrogens is 254 g/mol. The smallest absolute Gasteiger partial charge is 0.411 e. The summed E-state index contributed by atoms with van der Waals surface area (Å²) in [7, 11) is 0. The summed E-state index contributed by atoms with van der Waals surface area (Å²) in [4.78, 5) is 11.9. The van der Waals surface area contributed by atoms with E-state index in [0.29, 0.717) is 17.8 Å². The Bertz CT molecular complexity index is 493. The molecule has 0 saturated heterocycles. The Balaban J connectivity index is 1.89. The standard InChI is InChI=1S/C15H19N3O2/c16-9-11-5-7-13(8-6-11)18-15(19)20-14-4-2-1-3-12(14)10-17/h5-8,12,14H,1-4,10,17H2,(H,18,19). The van der Waals surface area contributed by atoms with Gasteiger partial charge in [0, 0.05) is 11.6 Å². The molecule has 2 rings (SSSR count). The molecule has 2 unspecified atom stereocenters. The fourth-order valence-electron chi connectivity index (χ4n) is 2.51. The van der Waals surface area contributed by atoms with Gasteiger partial charge < -0.3 is 10.5 Å². The van der Waals surface area contributed by atoms with Crippen LogP contribution in [-0.4, -0.2) is 18.7 Å². The lowest BCUT2D eigenvalue weighted by Gasteiger charge is -2.30. The zero-order chi connectivity index (χ0) is 14.4. The second kappa shape index (κ2) is 6.92. The summed E-state index contributed by atoms with van der Waals surface area (Å²) >= 11 is 0. The highest BCUT2D eigenvalue weighted by Crippen LogP contribution is 2.26. The molecule has 20 heavy (non-hydrogen) atoms. The zero-order valence-corrected chi connectivity index (χ0v) is 11.3. The number of hydrogen-bond donors (Lipinski definition) is 2. The lowest BCUT2D eigenvalue weighted by atomic mass is 9.86. The van der Waals surface area contributed by atoms with Crippen LogP contribution in [0.5, 0.6) is 0 Å². The molecule has 0 bridgehead atoms. The van der Waals surface area contributed by atoms with Crippen molar-refractivity contribution in [2.24, 2.45) is 11.7 Å². The minimum absolute atomic E-state index is 0.0906. The van der Waals surface area contributed by atoms with E-state index in [9.17, 15) is 4.79 Å². The number of carbonyl (C=O) groups is 1. The Kier molecular flexibility index (Phi) is 4.97. The van der Waals surface area contributed by atoms with Crippen LogP contribution in [0.25, 0.3) is 0 Å². The number of rotatable bonds is 3. The first kappa shape index (κ1) is 14.4. The number of nitriles is 1. The van der Waals surface area contributed by atoms with Crippen molar-refractivity contribution in [3.8, 4) is 6.07 Å². The largest absolute Gasteiger partial charge is 0.446 e. The quantitative estimate of drug-likeness (QED) is 0.886. The molecule has 1 amide bonds. The van der Waals surface area contributed by atoms with Crippen molar-refractivity contribution in [3.63, 3.8) is 0 Å². The van der Waals surface area contributed by atoms with Crippen molar-refractivity contribution in [2.75, 3.05) is 11.9 Å². The van der Waals surface area contributed by atoms with Crippen LogP contribution >= 0.6 is 0 Å². The fourth-order valence-corrected chi connectivity index (χ4v) is 2.51. The number of nitrogens with zero attached hydrogens (tertiary/aromatic N) is 1. The van der Waals surface area contributed by atoms with Crippen LogP contribution in [0.2, 0.25) is 0 Å². The molecule has 1 fully saturated rings. The highest BCUT2D eigenvalue weighted by Gasteiger charge is 2.27. The Morgan fingerprint density at radius 2 is 2.05 bits per heavy atom. The van der Waals surface area contributed by atoms with Gasteiger partial charge in [-0.3, -0.25) is 5.32 Å². The molecule has 0 heterocycles. The predicted octanol–water partition coefficient (Wildman–Crippen LogP) is 2.62. The van der Waals surface area contributed by atoms with Crippen LogP contribution in [0.15, 0.2) is 24.3 Å². The summed E-state index contributed by atoms with van der Waals surface area (Å²) in [6, 6.07) is 8.70. The molecular formula is C15H19N3O2. The van der Waals surface area contributed by atoms with Gasteiger partial charge in [0.05, 0.1) is 11.6 Å². The van der Waals surface area contributed by atoms with Gasteiger partial charge in [0.25, 0.3) is 0 Å². The van der Waals surface area contributed by atoms with Crippen LogP contribution in [0.3, 0.4) is 0 Å². The van der Waals surface area contributed by atoms with E-state index in [-0.39, 0.29) is 12.0 Å². The van der Waals surface area contributed by atoms with Gasteiger partial charge in [-0.1, -0.05) is 6.42 Å². The molecule has 1 aromatic carbocycles. The van der Waals surface area contributed by atoms with E-state index >= 15 is 0 Å². The third-order valence-corrected chi connectivity index (χ3v) is 3.66. The number of anilines is 1. The minimum atomic E-state index is -0.458. The number of nitrogens with two attached hydrogens (primary N) is 1. The second-order valence-electron chi connectivity index (χ2n) is 5.04. The Morgan fingerprint density at radius 3 is 2.70 bits per heavy atom. The van der Waals surface area contributed by atoms with Crippen molar-refractivity contribution in [1.29, 1.82) is 5.26 Å². The van der Waals surface area contributed by atoms with Gasteiger partial charge in [0.15, 0.2) is 0 Å². The molecule has 3 N–H and O–H groups in total. The fraction of sp³-hybridized carbons (Fsp3) is 0.467. The average Bonchev–Trinajstić information content (AvgIpc) is 2.48. The number of benzene rings is 1. The summed E-state index contributed by atoms with van der Waals surface area (Å²) in [5, 5.41) is 11.4. The monoisotopic (exact) mass is 273 g/mol. The van der Waals surface area contributed by atoms with E-state index in [2.05, 4.69) is 5.32 Å². The van der Waals surface area contributed by atoms with Gasteiger partial charge in [-0.2, -0.15) is 5.26 Å². The van der Waals surface area contributed by atoms with Gasteiger partial charge in [-0.25, -0.2) is 4.79 Å². The Labute approximate surface area is 118 Å². The number of carbonyl (C=O) groups excluding carboxylic acids is 1. The van der Waals surface area contributed by atoms with Crippen LogP contribution in [0, 0.1) is 17.2 Å². The molecule has 0 radical (unpaired) electrons. The molecule has 106 valence electrons. The van der Waals surface area contributed by atoms with Crippen molar-refractivity contribution in [2.45, 2.75) is 31.8 Å². The number of hydrogen-bond acceptors (Lipinski definition) is 4. The summed E-state index contributed by atoms with van der Waals surface area (Å²) < 4.78 is 5.46. The molecule has 2 atom stereocenters. The van der Waals surface area contributed by atoms with Gasteiger partial charge in [-0.15, -0.1) is 0 Å². The normalized spacial score (nSPS) is 21.8. The van der Waals surface area contributed by atoms with Gasteiger partial charge in [0.2, 0.25) is 0 Å². The zero-order valence-electron chi connectivity index (χ0n) is 11.3.